The summed E-state index contributed by atoms with van der Waals surface area (Å²) in [6.45, 7) is 7.02. The SMILES string of the molecule is CCc1c(NN)ncnc1OCCC(C)C. The van der Waals surface area contributed by atoms with Crippen LogP contribution in [-0.2, 0) is 6.42 Å². The number of nitrogen functional groups attached to an aromatic ring is 1. The summed E-state index contributed by atoms with van der Waals surface area (Å²) >= 11 is 0. The van der Waals surface area contributed by atoms with Gasteiger partial charge >= 0.3 is 0 Å². The Morgan fingerprint density at radius 1 is 1.44 bits per heavy atom. The number of nitrogens with zero attached hydrogens (tertiary/aromatic N) is 2. The highest BCUT2D eigenvalue weighted by Gasteiger charge is 2.09. The van der Waals surface area contributed by atoms with Crippen molar-refractivity contribution in [2.75, 3.05) is 12.0 Å². The molecule has 0 atom stereocenters. The van der Waals surface area contributed by atoms with Gasteiger partial charge in [-0.3, -0.25) is 0 Å². The van der Waals surface area contributed by atoms with Crippen molar-refractivity contribution in [1.82, 2.24) is 9.97 Å². The lowest BCUT2D eigenvalue weighted by atomic mass is 10.1. The van der Waals surface area contributed by atoms with Crippen molar-refractivity contribution in [2.24, 2.45) is 11.8 Å². The van der Waals surface area contributed by atoms with E-state index in [9.17, 15) is 0 Å². The van der Waals surface area contributed by atoms with Crippen LogP contribution in [0.1, 0.15) is 32.8 Å². The van der Waals surface area contributed by atoms with Crippen LogP contribution in [-0.4, -0.2) is 16.6 Å². The predicted octanol–water partition coefficient (Wildman–Crippen LogP) is 1.75. The largest absolute Gasteiger partial charge is 0.477 e. The van der Waals surface area contributed by atoms with Gasteiger partial charge in [0.2, 0.25) is 5.88 Å². The Hall–Kier alpha value is -1.36. The lowest BCUT2D eigenvalue weighted by Gasteiger charge is -2.12. The Morgan fingerprint density at radius 2 is 2.19 bits per heavy atom. The van der Waals surface area contributed by atoms with Crippen molar-refractivity contribution in [1.29, 1.82) is 0 Å². The van der Waals surface area contributed by atoms with Gasteiger partial charge in [0.15, 0.2) is 0 Å². The molecule has 0 amide bonds. The van der Waals surface area contributed by atoms with E-state index < -0.39 is 0 Å². The quantitative estimate of drug-likeness (QED) is 0.569. The molecule has 0 unspecified atom stereocenters. The second-order valence-corrected chi connectivity index (χ2v) is 4.03. The summed E-state index contributed by atoms with van der Waals surface area (Å²) in [6.07, 6.45) is 3.26. The Bertz CT molecular complexity index is 328. The molecule has 0 aliphatic carbocycles. The minimum Gasteiger partial charge on any atom is -0.477 e. The highest BCUT2D eigenvalue weighted by atomic mass is 16.5. The maximum Gasteiger partial charge on any atom is 0.221 e. The van der Waals surface area contributed by atoms with Gasteiger partial charge in [-0.25, -0.2) is 15.8 Å². The molecule has 1 heterocycles. The van der Waals surface area contributed by atoms with Crippen LogP contribution in [0, 0.1) is 5.92 Å². The van der Waals surface area contributed by atoms with E-state index >= 15 is 0 Å². The molecule has 5 nitrogen and oxygen atoms in total. The molecule has 0 aliphatic rings. The van der Waals surface area contributed by atoms with Crippen molar-refractivity contribution in [3.8, 4) is 5.88 Å². The van der Waals surface area contributed by atoms with E-state index in [1.807, 2.05) is 6.92 Å². The normalized spacial score (nSPS) is 10.6. The minimum absolute atomic E-state index is 0.624. The fourth-order valence-corrected chi connectivity index (χ4v) is 1.35. The zero-order valence-corrected chi connectivity index (χ0v) is 10.2. The van der Waals surface area contributed by atoms with Gasteiger partial charge in [-0.05, 0) is 18.8 Å². The number of hydrogen-bond donors (Lipinski definition) is 2. The molecule has 0 aliphatic heterocycles. The molecule has 0 spiro atoms. The molecule has 90 valence electrons. The summed E-state index contributed by atoms with van der Waals surface area (Å²) in [5.41, 5.74) is 3.48. The number of aromatic nitrogens is 2. The number of hydrazine groups is 1. The average Bonchev–Trinajstić information content (AvgIpc) is 2.28. The van der Waals surface area contributed by atoms with Gasteiger partial charge in [-0.2, -0.15) is 0 Å². The van der Waals surface area contributed by atoms with E-state index in [2.05, 4.69) is 29.2 Å². The Kier molecular flexibility index (Phi) is 4.98. The molecular formula is C11H20N4O. The third-order valence-corrected chi connectivity index (χ3v) is 2.33. The Labute approximate surface area is 96.4 Å². The molecule has 0 bridgehead atoms. The van der Waals surface area contributed by atoms with Crippen molar-refractivity contribution in [2.45, 2.75) is 33.6 Å². The first-order valence-corrected chi connectivity index (χ1v) is 5.62. The van der Waals surface area contributed by atoms with Gasteiger partial charge in [0.1, 0.15) is 12.1 Å². The van der Waals surface area contributed by atoms with E-state index in [-0.39, 0.29) is 0 Å². The van der Waals surface area contributed by atoms with Gasteiger partial charge in [0.05, 0.1) is 12.2 Å². The number of anilines is 1. The predicted molar refractivity (Wildman–Crippen MR) is 64.2 cm³/mol. The highest BCUT2D eigenvalue weighted by Crippen LogP contribution is 2.21. The first-order valence-electron chi connectivity index (χ1n) is 5.62. The standard InChI is InChI=1S/C11H20N4O/c1-4-9-10(15-12)13-7-14-11(9)16-6-5-8(2)3/h7-8H,4-6,12H2,1-3H3,(H,13,14,15). The molecule has 16 heavy (non-hydrogen) atoms. The number of nitrogens with two attached hydrogens (primary N) is 1. The Morgan fingerprint density at radius 3 is 2.75 bits per heavy atom. The summed E-state index contributed by atoms with van der Waals surface area (Å²) in [6, 6.07) is 0. The zero-order valence-electron chi connectivity index (χ0n) is 10.2. The molecule has 5 heteroatoms. The van der Waals surface area contributed by atoms with Crippen LogP contribution in [0.15, 0.2) is 6.33 Å². The van der Waals surface area contributed by atoms with Crippen molar-refractivity contribution < 1.29 is 4.74 Å². The van der Waals surface area contributed by atoms with E-state index in [4.69, 9.17) is 10.6 Å². The third kappa shape index (κ3) is 3.34. The zero-order chi connectivity index (χ0) is 12.0. The van der Waals surface area contributed by atoms with Crippen LogP contribution in [0.5, 0.6) is 5.88 Å². The van der Waals surface area contributed by atoms with Crippen LogP contribution < -0.4 is 16.0 Å². The maximum absolute atomic E-state index is 5.63. The van der Waals surface area contributed by atoms with Crippen molar-refractivity contribution in [3.05, 3.63) is 11.9 Å². The topological polar surface area (TPSA) is 73.1 Å². The fraction of sp³-hybridized carbons (Fsp3) is 0.636. The number of ether oxygens (including phenoxy) is 1. The average molecular weight is 224 g/mol. The Balaban J connectivity index is 2.71. The molecule has 1 rings (SSSR count). The molecule has 1 aromatic rings. The van der Waals surface area contributed by atoms with Crippen LogP contribution in [0.3, 0.4) is 0 Å². The summed E-state index contributed by atoms with van der Waals surface area (Å²) in [5.74, 6) is 7.27. The smallest absolute Gasteiger partial charge is 0.221 e. The van der Waals surface area contributed by atoms with E-state index in [0.717, 1.165) is 18.4 Å². The molecule has 3 N–H and O–H groups in total. The van der Waals surface area contributed by atoms with Crippen LogP contribution >= 0.6 is 0 Å². The first kappa shape index (κ1) is 12.7. The maximum atomic E-state index is 5.63. The monoisotopic (exact) mass is 224 g/mol. The van der Waals surface area contributed by atoms with E-state index in [1.54, 1.807) is 0 Å². The summed E-state index contributed by atoms with van der Waals surface area (Å²) in [4.78, 5) is 8.17. The molecule has 0 fully saturated rings. The molecule has 1 aromatic heterocycles. The van der Waals surface area contributed by atoms with Crippen molar-refractivity contribution >= 4 is 5.82 Å². The first-order chi connectivity index (χ1) is 7.69. The molecule has 0 aromatic carbocycles. The number of hydrogen-bond acceptors (Lipinski definition) is 5. The van der Waals surface area contributed by atoms with Crippen LogP contribution in [0.25, 0.3) is 0 Å². The molecule has 0 radical (unpaired) electrons. The second kappa shape index (κ2) is 6.27. The second-order valence-electron chi connectivity index (χ2n) is 4.03. The van der Waals surface area contributed by atoms with Crippen LogP contribution in [0.2, 0.25) is 0 Å². The van der Waals surface area contributed by atoms with Crippen LogP contribution in [0.4, 0.5) is 5.82 Å². The number of nitrogens with one attached hydrogen (secondary N) is 1. The molecule has 0 saturated heterocycles. The van der Waals surface area contributed by atoms with Gasteiger partial charge in [0, 0.05) is 0 Å². The summed E-state index contributed by atoms with van der Waals surface area (Å²) in [7, 11) is 0. The van der Waals surface area contributed by atoms with E-state index in [1.165, 1.54) is 6.33 Å². The minimum atomic E-state index is 0.624. The molecular weight excluding hydrogens is 204 g/mol. The van der Waals surface area contributed by atoms with Gasteiger partial charge < -0.3 is 10.2 Å². The summed E-state index contributed by atoms with van der Waals surface area (Å²) in [5, 5.41) is 0. The third-order valence-electron chi connectivity index (χ3n) is 2.33. The summed E-state index contributed by atoms with van der Waals surface area (Å²) < 4.78 is 5.63. The van der Waals surface area contributed by atoms with Crippen molar-refractivity contribution in [3.63, 3.8) is 0 Å². The number of rotatable bonds is 6. The fourth-order valence-electron chi connectivity index (χ4n) is 1.35. The lowest BCUT2D eigenvalue weighted by molar-refractivity contribution is 0.276. The van der Waals surface area contributed by atoms with Gasteiger partial charge in [0.25, 0.3) is 0 Å². The highest BCUT2D eigenvalue weighted by molar-refractivity contribution is 5.47. The lowest BCUT2D eigenvalue weighted by Crippen LogP contribution is -2.13. The van der Waals surface area contributed by atoms with Gasteiger partial charge in [-0.1, -0.05) is 20.8 Å². The molecule has 0 saturated carbocycles. The van der Waals surface area contributed by atoms with Gasteiger partial charge in [-0.15, -0.1) is 0 Å². The van der Waals surface area contributed by atoms with E-state index in [0.29, 0.717) is 24.2 Å².